The smallest absolute Gasteiger partial charge is 0.138 e. The summed E-state index contributed by atoms with van der Waals surface area (Å²) < 4.78 is 1.69. The predicted octanol–water partition coefficient (Wildman–Crippen LogP) is 1.71. The summed E-state index contributed by atoms with van der Waals surface area (Å²) in [6, 6.07) is 5.98. The minimum absolute atomic E-state index is 0.487. The molecule has 1 aromatic carbocycles. The highest BCUT2D eigenvalue weighted by Crippen LogP contribution is 2.22. The van der Waals surface area contributed by atoms with E-state index in [4.69, 9.17) is 0 Å². The van der Waals surface area contributed by atoms with Gasteiger partial charge in [0.25, 0.3) is 0 Å². The topological polar surface area (TPSA) is 50.9 Å². The molecule has 0 saturated carbocycles. The summed E-state index contributed by atoms with van der Waals surface area (Å²) in [7, 11) is 1.83. The van der Waals surface area contributed by atoms with Crippen LogP contribution in [0.15, 0.2) is 24.5 Å². The van der Waals surface area contributed by atoms with Crippen LogP contribution in [0, 0.1) is 13.8 Å². The van der Waals surface area contributed by atoms with Gasteiger partial charge in [0.05, 0.1) is 6.10 Å². The molecule has 1 unspecified atom stereocenters. The van der Waals surface area contributed by atoms with Gasteiger partial charge in [-0.05, 0) is 30.5 Å². The molecule has 1 heterocycles. The van der Waals surface area contributed by atoms with Gasteiger partial charge in [0.1, 0.15) is 12.2 Å². The number of aliphatic hydroxyl groups is 1. The molecule has 0 saturated heterocycles. The molecule has 17 heavy (non-hydrogen) atoms. The zero-order chi connectivity index (χ0) is 12.4. The summed E-state index contributed by atoms with van der Waals surface area (Å²) in [6.07, 6.45) is 1.46. The van der Waals surface area contributed by atoms with Gasteiger partial charge in [-0.15, -0.1) is 0 Å². The molecule has 0 radical (unpaired) electrons. The van der Waals surface area contributed by atoms with Crippen LogP contribution in [0.5, 0.6) is 0 Å². The van der Waals surface area contributed by atoms with Crippen LogP contribution < -0.4 is 0 Å². The third kappa shape index (κ3) is 2.36. The van der Waals surface area contributed by atoms with Crippen molar-refractivity contribution < 1.29 is 5.11 Å². The van der Waals surface area contributed by atoms with Crippen LogP contribution in [-0.2, 0) is 13.5 Å². The van der Waals surface area contributed by atoms with Crippen LogP contribution in [0.4, 0.5) is 0 Å². The molecule has 2 aromatic rings. The first kappa shape index (κ1) is 11.8. The van der Waals surface area contributed by atoms with E-state index in [0.29, 0.717) is 6.42 Å². The highest BCUT2D eigenvalue weighted by atomic mass is 16.3. The van der Waals surface area contributed by atoms with Crippen molar-refractivity contribution in [1.29, 1.82) is 0 Å². The predicted molar refractivity (Wildman–Crippen MR) is 65.6 cm³/mol. The van der Waals surface area contributed by atoms with Gasteiger partial charge < -0.3 is 5.11 Å². The summed E-state index contributed by atoms with van der Waals surface area (Å²) in [4.78, 5) is 4.13. The highest BCUT2D eigenvalue weighted by Gasteiger charge is 2.14. The summed E-state index contributed by atoms with van der Waals surface area (Å²) in [6.45, 7) is 4.08. The lowest BCUT2D eigenvalue weighted by molar-refractivity contribution is 0.173. The fraction of sp³-hybridized carbons (Fsp3) is 0.385. The molecule has 0 aliphatic rings. The van der Waals surface area contributed by atoms with Gasteiger partial charge in [0.15, 0.2) is 0 Å². The van der Waals surface area contributed by atoms with Crippen LogP contribution in [-0.4, -0.2) is 19.9 Å². The van der Waals surface area contributed by atoms with Crippen LogP contribution in [0.3, 0.4) is 0 Å². The van der Waals surface area contributed by atoms with Crippen molar-refractivity contribution in [2.75, 3.05) is 0 Å². The fourth-order valence-corrected chi connectivity index (χ4v) is 1.92. The van der Waals surface area contributed by atoms with Crippen molar-refractivity contribution >= 4 is 0 Å². The molecule has 0 spiro atoms. The zero-order valence-electron chi connectivity index (χ0n) is 10.4. The van der Waals surface area contributed by atoms with E-state index in [0.717, 1.165) is 17.0 Å². The first-order chi connectivity index (χ1) is 8.09. The molecule has 0 bridgehead atoms. The third-order valence-electron chi connectivity index (χ3n) is 3.19. The highest BCUT2D eigenvalue weighted by molar-refractivity contribution is 5.34. The van der Waals surface area contributed by atoms with E-state index in [1.165, 1.54) is 11.9 Å². The minimum atomic E-state index is -0.530. The zero-order valence-corrected chi connectivity index (χ0v) is 10.4. The molecule has 0 aliphatic heterocycles. The monoisotopic (exact) mass is 231 g/mol. The average molecular weight is 231 g/mol. The standard InChI is InChI=1S/C13H17N3O/c1-9-5-4-6-11(10(9)2)12(17)7-13-14-8-15-16(13)3/h4-6,8,12,17H,7H2,1-3H3. The van der Waals surface area contributed by atoms with Crippen LogP contribution in [0.25, 0.3) is 0 Å². The molecular weight excluding hydrogens is 214 g/mol. The lowest BCUT2D eigenvalue weighted by atomic mass is 9.97. The number of nitrogens with zero attached hydrogens (tertiary/aromatic N) is 3. The van der Waals surface area contributed by atoms with Crippen molar-refractivity contribution in [3.05, 3.63) is 47.0 Å². The van der Waals surface area contributed by atoms with Gasteiger partial charge >= 0.3 is 0 Å². The second kappa shape index (κ2) is 4.67. The number of hydrogen-bond acceptors (Lipinski definition) is 3. The van der Waals surface area contributed by atoms with Gasteiger partial charge in [-0.3, -0.25) is 4.68 Å². The Morgan fingerprint density at radius 3 is 2.76 bits per heavy atom. The minimum Gasteiger partial charge on any atom is -0.388 e. The Balaban J connectivity index is 2.23. The quantitative estimate of drug-likeness (QED) is 0.874. The lowest BCUT2D eigenvalue weighted by Crippen LogP contribution is -2.09. The molecule has 1 atom stereocenters. The maximum Gasteiger partial charge on any atom is 0.138 e. The first-order valence-electron chi connectivity index (χ1n) is 5.66. The summed E-state index contributed by atoms with van der Waals surface area (Å²) in [5, 5.41) is 14.2. The van der Waals surface area contributed by atoms with E-state index in [1.54, 1.807) is 4.68 Å². The van der Waals surface area contributed by atoms with E-state index in [-0.39, 0.29) is 0 Å². The SMILES string of the molecule is Cc1cccc(C(O)Cc2ncnn2C)c1C. The van der Waals surface area contributed by atoms with E-state index in [9.17, 15) is 5.11 Å². The van der Waals surface area contributed by atoms with E-state index >= 15 is 0 Å². The summed E-state index contributed by atoms with van der Waals surface area (Å²) >= 11 is 0. The molecule has 4 nitrogen and oxygen atoms in total. The second-order valence-electron chi connectivity index (χ2n) is 4.31. The maximum atomic E-state index is 10.2. The number of hydrogen-bond donors (Lipinski definition) is 1. The maximum absolute atomic E-state index is 10.2. The summed E-state index contributed by atoms with van der Waals surface area (Å²) in [5.74, 6) is 0.790. The average Bonchev–Trinajstić information content (AvgIpc) is 2.68. The van der Waals surface area contributed by atoms with Crippen LogP contribution in [0.1, 0.15) is 28.6 Å². The molecule has 90 valence electrons. The van der Waals surface area contributed by atoms with E-state index < -0.39 is 6.10 Å². The number of rotatable bonds is 3. The Kier molecular flexibility index (Phi) is 3.24. The normalized spacial score (nSPS) is 12.7. The molecule has 1 aromatic heterocycles. The molecule has 0 fully saturated rings. The summed E-state index contributed by atoms with van der Waals surface area (Å²) in [5.41, 5.74) is 3.30. The Labute approximate surface area is 101 Å². The largest absolute Gasteiger partial charge is 0.388 e. The Morgan fingerprint density at radius 2 is 2.12 bits per heavy atom. The van der Waals surface area contributed by atoms with Crippen molar-refractivity contribution in [2.45, 2.75) is 26.4 Å². The number of aromatic nitrogens is 3. The fourth-order valence-electron chi connectivity index (χ4n) is 1.92. The van der Waals surface area contributed by atoms with Crippen molar-refractivity contribution in [1.82, 2.24) is 14.8 Å². The Morgan fingerprint density at radius 1 is 1.35 bits per heavy atom. The molecule has 1 N–H and O–H groups in total. The molecule has 4 heteroatoms. The lowest BCUT2D eigenvalue weighted by Gasteiger charge is -2.14. The molecule has 2 rings (SSSR count). The second-order valence-corrected chi connectivity index (χ2v) is 4.31. The molecule has 0 amide bonds. The number of aliphatic hydroxyl groups excluding tert-OH is 1. The molecule has 0 aliphatic carbocycles. The van der Waals surface area contributed by atoms with Gasteiger partial charge in [-0.2, -0.15) is 5.10 Å². The van der Waals surface area contributed by atoms with Crippen LogP contribution in [0.2, 0.25) is 0 Å². The van der Waals surface area contributed by atoms with Gasteiger partial charge in [0, 0.05) is 13.5 Å². The number of aryl methyl sites for hydroxylation is 2. The van der Waals surface area contributed by atoms with Crippen molar-refractivity contribution in [3.63, 3.8) is 0 Å². The number of benzene rings is 1. The van der Waals surface area contributed by atoms with Gasteiger partial charge in [-0.1, -0.05) is 18.2 Å². The Hall–Kier alpha value is -1.68. The van der Waals surface area contributed by atoms with Gasteiger partial charge in [-0.25, -0.2) is 4.98 Å². The van der Waals surface area contributed by atoms with E-state index in [1.807, 2.05) is 39.1 Å². The molecular formula is C13H17N3O. The van der Waals surface area contributed by atoms with Crippen molar-refractivity contribution in [3.8, 4) is 0 Å². The van der Waals surface area contributed by atoms with Crippen molar-refractivity contribution in [2.24, 2.45) is 7.05 Å². The Bertz CT molecular complexity index is 519. The first-order valence-corrected chi connectivity index (χ1v) is 5.66. The third-order valence-corrected chi connectivity index (χ3v) is 3.19. The van der Waals surface area contributed by atoms with E-state index in [2.05, 4.69) is 10.1 Å². The van der Waals surface area contributed by atoms with Crippen LogP contribution >= 0.6 is 0 Å². The van der Waals surface area contributed by atoms with Gasteiger partial charge in [0.2, 0.25) is 0 Å².